The first-order valence-corrected chi connectivity index (χ1v) is 11.0. The number of furan rings is 1. The Morgan fingerprint density at radius 1 is 1.06 bits per heavy atom. The van der Waals surface area contributed by atoms with E-state index in [2.05, 4.69) is 17.3 Å². The Bertz CT molecular complexity index is 1140. The Morgan fingerprint density at radius 3 is 2.34 bits per heavy atom. The Balaban J connectivity index is 1.18. The van der Waals surface area contributed by atoms with Crippen molar-refractivity contribution in [3.63, 3.8) is 0 Å². The van der Waals surface area contributed by atoms with Crippen LogP contribution in [0.15, 0.2) is 58.1 Å². The van der Waals surface area contributed by atoms with E-state index in [1.807, 2.05) is 0 Å². The van der Waals surface area contributed by atoms with Crippen molar-refractivity contribution < 1.29 is 23.5 Å². The number of carbonyl (C=O) groups is 3. The fourth-order valence-corrected chi connectivity index (χ4v) is 5.73. The molecule has 3 fully saturated rings. The average molecular weight is 430 g/mol. The average Bonchev–Trinajstić information content (AvgIpc) is 3.45. The van der Waals surface area contributed by atoms with E-state index in [-0.39, 0.29) is 41.5 Å². The molecular formula is C25H22N2O5. The highest BCUT2D eigenvalue weighted by Crippen LogP contribution is 2.65. The number of imide groups is 1. The monoisotopic (exact) mass is 430 g/mol. The third-order valence-corrected chi connectivity index (χ3v) is 7.25. The molecule has 1 aliphatic heterocycles. The number of amides is 2. The minimum absolute atomic E-state index is 0.180. The molecule has 32 heavy (non-hydrogen) atoms. The van der Waals surface area contributed by atoms with Crippen LogP contribution in [0.1, 0.15) is 29.5 Å². The lowest BCUT2D eigenvalue weighted by atomic mass is 9.63. The predicted molar refractivity (Wildman–Crippen MR) is 114 cm³/mol. The molecule has 4 aliphatic carbocycles. The molecule has 7 nitrogen and oxygen atoms in total. The van der Waals surface area contributed by atoms with Crippen molar-refractivity contribution in [2.75, 3.05) is 6.61 Å². The number of benzene rings is 1. The van der Waals surface area contributed by atoms with Gasteiger partial charge < -0.3 is 9.15 Å². The molecule has 0 spiro atoms. The molecule has 2 heterocycles. The van der Waals surface area contributed by atoms with Crippen molar-refractivity contribution in [3.05, 3.63) is 59.9 Å². The fourth-order valence-electron chi connectivity index (χ4n) is 5.73. The second-order valence-corrected chi connectivity index (χ2v) is 8.89. The summed E-state index contributed by atoms with van der Waals surface area (Å²) in [7, 11) is 0. The number of nitrogens with zero attached hydrogens (tertiary/aromatic N) is 2. The number of hydrogen-bond acceptors (Lipinski definition) is 6. The van der Waals surface area contributed by atoms with Gasteiger partial charge in [0.25, 0.3) is 11.8 Å². The number of hydrazone groups is 1. The van der Waals surface area contributed by atoms with E-state index in [0.29, 0.717) is 35.5 Å². The number of esters is 1. The van der Waals surface area contributed by atoms with Crippen molar-refractivity contribution in [3.8, 4) is 11.3 Å². The molecule has 0 unspecified atom stereocenters. The van der Waals surface area contributed by atoms with Gasteiger partial charge in [0.2, 0.25) is 0 Å². The SMILES string of the molecule is CCOC(=O)c1ccc(-c2ccc(/C=N/N3C(=O)[C@@H]4[C@@H]5C=C[C@H]([C@H]6C[C@H]56)[C@@H]4C3=O)o2)cc1. The molecule has 5 aliphatic rings. The highest BCUT2D eigenvalue weighted by molar-refractivity contribution is 6.06. The molecule has 7 rings (SSSR count). The zero-order valence-corrected chi connectivity index (χ0v) is 17.5. The van der Waals surface area contributed by atoms with E-state index < -0.39 is 0 Å². The van der Waals surface area contributed by atoms with Gasteiger partial charge >= 0.3 is 5.97 Å². The van der Waals surface area contributed by atoms with Gasteiger partial charge in [-0.2, -0.15) is 10.1 Å². The first-order chi connectivity index (χ1) is 15.6. The van der Waals surface area contributed by atoms with Crippen LogP contribution >= 0.6 is 0 Å². The van der Waals surface area contributed by atoms with Crippen molar-refractivity contribution >= 4 is 24.0 Å². The molecule has 0 radical (unpaired) electrons. The minimum atomic E-state index is -0.368. The van der Waals surface area contributed by atoms with Gasteiger partial charge in [-0.25, -0.2) is 4.79 Å². The molecule has 1 aromatic carbocycles. The largest absolute Gasteiger partial charge is 0.462 e. The Hall–Kier alpha value is -3.48. The standard InChI is InChI=1S/C25H22N2O5/c1-2-31-25(30)14-5-3-13(4-6-14)20-10-7-15(32-20)12-26-27-23(28)21-16-8-9-17(19-11-18(16)19)22(21)24(27)29/h3-10,12,16-19,21-22H,2,11H2,1H3/b26-12+/t16-,17-,18-,19-,21-,22+/m1/s1. The maximum atomic E-state index is 13.0. The van der Waals surface area contributed by atoms with Crippen LogP contribution in [0, 0.1) is 35.5 Å². The van der Waals surface area contributed by atoms with Gasteiger partial charge in [-0.15, -0.1) is 0 Å². The van der Waals surface area contributed by atoms with Gasteiger partial charge in [-0.1, -0.05) is 24.3 Å². The maximum absolute atomic E-state index is 13.0. The predicted octanol–water partition coefficient (Wildman–Crippen LogP) is 3.51. The van der Waals surface area contributed by atoms with E-state index in [0.717, 1.165) is 17.0 Å². The van der Waals surface area contributed by atoms with Gasteiger partial charge in [0.15, 0.2) is 0 Å². The van der Waals surface area contributed by atoms with Gasteiger partial charge in [-0.3, -0.25) is 9.59 Å². The Kier molecular flexibility index (Phi) is 4.22. The Morgan fingerprint density at radius 2 is 1.72 bits per heavy atom. The van der Waals surface area contributed by atoms with E-state index in [4.69, 9.17) is 9.15 Å². The lowest BCUT2D eigenvalue weighted by molar-refractivity contribution is -0.140. The number of rotatable bonds is 5. The summed E-state index contributed by atoms with van der Waals surface area (Å²) in [6.07, 6.45) is 6.84. The van der Waals surface area contributed by atoms with Crippen molar-refractivity contribution in [1.29, 1.82) is 0 Å². The van der Waals surface area contributed by atoms with Crippen molar-refractivity contribution in [2.24, 2.45) is 40.6 Å². The Labute approximate surface area is 184 Å². The fraction of sp³-hybridized carbons (Fsp3) is 0.360. The third kappa shape index (κ3) is 2.80. The van der Waals surface area contributed by atoms with E-state index in [9.17, 15) is 14.4 Å². The quantitative estimate of drug-likeness (QED) is 0.313. The summed E-state index contributed by atoms with van der Waals surface area (Å²) in [6, 6.07) is 10.4. The van der Waals surface area contributed by atoms with E-state index in [1.54, 1.807) is 43.3 Å². The zero-order chi connectivity index (χ0) is 22.0. The molecule has 162 valence electrons. The number of allylic oxidation sites excluding steroid dienone is 2. The molecular weight excluding hydrogens is 408 g/mol. The second kappa shape index (κ2) is 7.02. The van der Waals surface area contributed by atoms with Crippen LogP contribution in [-0.2, 0) is 14.3 Å². The second-order valence-electron chi connectivity index (χ2n) is 8.89. The number of hydrogen-bond donors (Lipinski definition) is 0. The molecule has 2 saturated carbocycles. The van der Waals surface area contributed by atoms with Gasteiger partial charge in [0.1, 0.15) is 11.5 Å². The first-order valence-electron chi connectivity index (χ1n) is 11.0. The smallest absolute Gasteiger partial charge is 0.338 e. The summed E-state index contributed by atoms with van der Waals surface area (Å²) < 4.78 is 10.8. The minimum Gasteiger partial charge on any atom is -0.462 e. The van der Waals surface area contributed by atoms with Gasteiger partial charge in [-0.05, 0) is 61.3 Å². The summed E-state index contributed by atoms with van der Waals surface area (Å²) >= 11 is 0. The van der Waals surface area contributed by atoms with Crippen LogP contribution in [0.2, 0.25) is 0 Å². The summed E-state index contributed by atoms with van der Waals surface area (Å²) in [5.74, 6) is 1.25. The summed E-state index contributed by atoms with van der Waals surface area (Å²) in [5.41, 5.74) is 1.26. The van der Waals surface area contributed by atoms with Crippen LogP contribution in [0.5, 0.6) is 0 Å². The summed E-state index contributed by atoms with van der Waals surface area (Å²) in [5, 5.41) is 5.25. The van der Waals surface area contributed by atoms with Crippen LogP contribution in [-0.4, -0.2) is 35.6 Å². The van der Waals surface area contributed by atoms with Crippen molar-refractivity contribution in [1.82, 2.24) is 5.01 Å². The first kappa shape index (κ1) is 19.2. The van der Waals surface area contributed by atoms with Crippen LogP contribution < -0.4 is 0 Å². The number of ether oxygens (including phenoxy) is 1. The van der Waals surface area contributed by atoms with Crippen LogP contribution in [0.4, 0.5) is 0 Å². The normalized spacial score (nSPS) is 31.8. The topological polar surface area (TPSA) is 89.2 Å². The summed E-state index contributed by atoms with van der Waals surface area (Å²) in [4.78, 5) is 37.7. The zero-order valence-electron chi connectivity index (χ0n) is 17.5. The highest BCUT2D eigenvalue weighted by Gasteiger charge is 2.67. The van der Waals surface area contributed by atoms with E-state index in [1.165, 1.54) is 6.21 Å². The summed E-state index contributed by atoms with van der Waals surface area (Å²) in [6.45, 7) is 2.09. The molecule has 1 saturated heterocycles. The van der Waals surface area contributed by atoms with Gasteiger partial charge in [0.05, 0.1) is 30.2 Å². The van der Waals surface area contributed by atoms with E-state index >= 15 is 0 Å². The van der Waals surface area contributed by atoms with Gasteiger partial charge in [0, 0.05) is 5.56 Å². The maximum Gasteiger partial charge on any atom is 0.338 e. The molecule has 2 bridgehead atoms. The highest BCUT2D eigenvalue weighted by atomic mass is 16.5. The lowest BCUT2D eigenvalue weighted by Gasteiger charge is -2.37. The van der Waals surface area contributed by atoms with Crippen molar-refractivity contribution in [2.45, 2.75) is 13.3 Å². The third-order valence-electron chi connectivity index (χ3n) is 7.25. The lowest BCUT2D eigenvalue weighted by Crippen LogP contribution is -2.40. The molecule has 2 aromatic rings. The molecule has 1 aromatic heterocycles. The molecule has 7 heteroatoms. The number of carbonyl (C=O) groups excluding carboxylic acids is 3. The molecule has 0 N–H and O–H groups in total. The molecule has 2 amide bonds. The van der Waals surface area contributed by atoms with Crippen LogP contribution in [0.3, 0.4) is 0 Å². The van der Waals surface area contributed by atoms with Crippen LogP contribution in [0.25, 0.3) is 11.3 Å². The molecule has 6 atom stereocenters.